The maximum atomic E-state index is 5.80. The number of hydrogen-bond donors (Lipinski definition) is 1. The van der Waals surface area contributed by atoms with Gasteiger partial charge in [0, 0.05) is 12.1 Å². The number of aromatic nitrogens is 1. The van der Waals surface area contributed by atoms with Crippen LogP contribution in [0.4, 0.5) is 0 Å². The van der Waals surface area contributed by atoms with Gasteiger partial charge < -0.3 is 15.2 Å². The zero-order valence-electron chi connectivity index (χ0n) is 8.85. The van der Waals surface area contributed by atoms with Crippen molar-refractivity contribution in [1.82, 2.24) is 4.98 Å². The molecule has 0 bridgehead atoms. The minimum atomic E-state index is 0.223. The Morgan fingerprint density at radius 1 is 1.40 bits per heavy atom. The van der Waals surface area contributed by atoms with Crippen LogP contribution in [-0.4, -0.2) is 24.2 Å². The molecule has 0 aliphatic heterocycles. The van der Waals surface area contributed by atoms with Crippen LogP contribution in [-0.2, 0) is 0 Å². The topological polar surface area (TPSA) is 57.4 Å². The van der Waals surface area contributed by atoms with Crippen LogP contribution < -0.4 is 15.2 Å². The minimum Gasteiger partial charge on any atom is -0.495 e. The maximum Gasteiger partial charge on any atom is 0.213 e. The average molecular weight is 208 g/mol. The van der Waals surface area contributed by atoms with Gasteiger partial charge in [-0.1, -0.05) is 0 Å². The fraction of sp³-hybridized carbons (Fsp3) is 0.545. The molecule has 1 aromatic heterocycles. The first kappa shape index (κ1) is 10.2. The molecule has 0 aromatic carbocycles. The third-order valence-electron chi connectivity index (χ3n) is 2.66. The lowest BCUT2D eigenvalue weighted by molar-refractivity contribution is 0.199. The van der Waals surface area contributed by atoms with Crippen molar-refractivity contribution in [1.29, 1.82) is 0 Å². The highest BCUT2D eigenvalue weighted by Gasteiger charge is 2.23. The van der Waals surface area contributed by atoms with Gasteiger partial charge in [0.1, 0.15) is 11.9 Å². The van der Waals surface area contributed by atoms with Crippen LogP contribution in [0.1, 0.15) is 19.3 Å². The molecule has 1 heterocycles. The second-order valence-corrected chi connectivity index (χ2v) is 3.85. The summed E-state index contributed by atoms with van der Waals surface area (Å²) in [5.41, 5.74) is 5.80. The predicted octanol–water partition coefficient (Wildman–Crippen LogP) is 1.35. The van der Waals surface area contributed by atoms with Crippen molar-refractivity contribution in [2.45, 2.75) is 31.4 Å². The maximum absolute atomic E-state index is 5.80. The smallest absolute Gasteiger partial charge is 0.213 e. The highest BCUT2D eigenvalue weighted by molar-refractivity contribution is 5.22. The lowest BCUT2D eigenvalue weighted by Gasteiger charge is -2.12. The fourth-order valence-corrected chi connectivity index (χ4v) is 1.81. The van der Waals surface area contributed by atoms with Crippen molar-refractivity contribution in [3.05, 3.63) is 18.3 Å². The molecule has 1 fully saturated rings. The van der Waals surface area contributed by atoms with E-state index in [1.54, 1.807) is 13.3 Å². The van der Waals surface area contributed by atoms with E-state index in [1.165, 1.54) is 0 Å². The van der Waals surface area contributed by atoms with Gasteiger partial charge in [-0.3, -0.25) is 0 Å². The summed E-state index contributed by atoms with van der Waals surface area (Å²) in [5.74, 6) is 1.39. The molecule has 1 saturated carbocycles. The van der Waals surface area contributed by atoms with Gasteiger partial charge in [0.05, 0.1) is 13.3 Å². The largest absolute Gasteiger partial charge is 0.495 e. The Balaban J connectivity index is 1.93. The number of rotatable bonds is 3. The molecule has 0 radical (unpaired) electrons. The summed E-state index contributed by atoms with van der Waals surface area (Å²) in [4.78, 5) is 4.15. The molecule has 0 spiro atoms. The first-order valence-electron chi connectivity index (χ1n) is 5.20. The number of nitrogens with zero attached hydrogens (tertiary/aromatic N) is 1. The number of ether oxygens (including phenoxy) is 2. The van der Waals surface area contributed by atoms with Gasteiger partial charge in [-0.05, 0) is 25.3 Å². The Morgan fingerprint density at radius 2 is 2.27 bits per heavy atom. The van der Waals surface area contributed by atoms with Crippen molar-refractivity contribution in [2.75, 3.05) is 7.11 Å². The molecule has 15 heavy (non-hydrogen) atoms. The van der Waals surface area contributed by atoms with Crippen LogP contribution in [0.2, 0.25) is 0 Å². The zero-order chi connectivity index (χ0) is 10.7. The Hall–Kier alpha value is -1.29. The van der Waals surface area contributed by atoms with E-state index in [1.807, 2.05) is 12.1 Å². The molecule has 2 atom stereocenters. The van der Waals surface area contributed by atoms with E-state index in [0.717, 1.165) is 25.0 Å². The molecule has 2 unspecified atom stereocenters. The van der Waals surface area contributed by atoms with Crippen molar-refractivity contribution in [3.8, 4) is 11.6 Å². The Kier molecular flexibility index (Phi) is 3.06. The van der Waals surface area contributed by atoms with Gasteiger partial charge in [-0.15, -0.1) is 0 Å². The van der Waals surface area contributed by atoms with Crippen LogP contribution >= 0.6 is 0 Å². The van der Waals surface area contributed by atoms with Crippen molar-refractivity contribution >= 4 is 0 Å². The molecule has 1 aliphatic carbocycles. The summed E-state index contributed by atoms with van der Waals surface area (Å²) in [6, 6.07) is 3.95. The van der Waals surface area contributed by atoms with Gasteiger partial charge in [0.2, 0.25) is 5.88 Å². The van der Waals surface area contributed by atoms with E-state index in [2.05, 4.69) is 4.98 Å². The van der Waals surface area contributed by atoms with E-state index < -0.39 is 0 Å². The van der Waals surface area contributed by atoms with Gasteiger partial charge in [0.25, 0.3) is 0 Å². The van der Waals surface area contributed by atoms with Crippen molar-refractivity contribution < 1.29 is 9.47 Å². The van der Waals surface area contributed by atoms with E-state index in [9.17, 15) is 0 Å². The first-order valence-corrected chi connectivity index (χ1v) is 5.20. The lowest BCUT2D eigenvalue weighted by atomic mass is 10.3. The zero-order valence-corrected chi connectivity index (χ0v) is 8.85. The second-order valence-electron chi connectivity index (χ2n) is 3.85. The predicted molar refractivity (Wildman–Crippen MR) is 57.0 cm³/mol. The SMILES string of the molecule is COc1ccc(OC2CCC(N)C2)nc1. The van der Waals surface area contributed by atoms with Gasteiger partial charge in [-0.25, -0.2) is 4.98 Å². The summed E-state index contributed by atoms with van der Waals surface area (Å²) >= 11 is 0. The minimum absolute atomic E-state index is 0.223. The summed E-state index contributed by atoms with van der Waals surface area (Å²) in [6.45, 7) is 0. The van der Waals surface area contributed by atoms with E-state index in [0.29, 0.717) is 5.88 Å². The summed E-state index contributed by atoms with van der Waals surface area (Å²) in [5, 5.41) is 0. The number of nitrogens with two attached hydrogens (primary N) is 1. The molecule has 1 aliphatic rings. The molecular formula is C11H16N2O2. The highest BCUT2D eigenvalue weighted by atomic mass is 16.5. The fourth-order valence-electron chi connectivity index (χ4n) is 1.81. The van der Waals surface area contributed by atoms with Gasteiger partial charge in [-0.2, -0.15) is 0 Å². The molecule has 0 saturated heterocycles. The van der Waals surface area contributed by atoms with Crippen LogP contribution in [0.3, 0.4) is 0 Å². The molecular weight excluding hydrogens is 192 g/mol. The van der Waals surface area contributed by atoms with E-state index in [-0.39, 0.29) is 12.1 Å². The van der Waals surface area contributed by atoms with Gasteiger partial charge >= 0.3 is 0 Å². The molecule has 82 valence electrons. The molecule has 1 aromatic rings. The number of methoxy groups -OCH3 is 1. The quantitative estimate of drug-likeness (QED) is 0.814. The Labute approximate surface area is 89.4 Å². The first-order chi connectivity index (χ1) is 7.28. The van der Waals surface area contributed by atoms with Crippen LogP contribution in [0.5, 0.6) is 11.6 Å². The number of pyridine rings is 1. The molecule has 2 N–H and O–H groups in total. The van der Waals surface area contributed by atoms with Crippen LogP contribution in [0, 0.1) is 0 Å². The van der Waals surface area contributed by atoms with Crippen LogP contribution in [0.15, 0.2) is 18.3 Å². The molecule has 0 amide bonds. The summed E-state index contributed by atoms with van der Waals surface area (Å²) in [6.07, 6.45) is 4.87. The monoisotopic (exact) mass is 208 g/mol. The third kappa shape index (κ3) is 2.59. The molecule has 4 nitrogen and oxygen atoms in total. The highest BCUT2D eigenvalue weighted by Crippen LogP contribution is 2.23. The summed E-state index contributed by atoms with van der Waals surface area (Å²) in [7, 11) is 1.62. The van der Waals surface area contributed by atoms with E-state index in [4.69, 9.17) is 15.2 Å². The number of hydrogen-bond acceptors (Lipinski definition) is 4. The normalized spacial score (nSPS) is 25.2. The van der Waals surface area contributed by atoms with E-state index >= 15 is 0 Å². The standard InChI is InChI=1S/C11H16N2O2/c1-14-10-4-5-11(13-7-10)15-9-3-2-8(12)6-9/h4-5,7-9H,2-3,6,12H2,1H3. The van der Waals surface area contributed by atoms with Gasteiger partial charge in [0.15, 0.2) is 0 Å². The third-order valence-corrected chi connectivity index (χ3v) is 2.66. The Morgan fingerprint density at radius 3 is 2.80 bits per heavy atom. The average Bonchev–Trinajstić information content (AvgIpc) is 2.65. The van der Waals surface area contributed by atoms with Crippen molar-refractivity contribution in [2.24, 2.45) is 5.73 Å². The molecule has 4 heteroatoms. The van der Waals surface area contributed by atoms with Crippen LogP contribution in [0.25, 0.3) is 0 Å². The Bertz CT molecular complexity index is 313. The summed E-state index contributed by atoms with van der Waals surface area (Å²) < 4.78 is 10.7. The van der Waals surface area contributed by atoms with Crippen molar-refractivity contribution in [3.63, 3.8) is 0 Å². The lowest BCUT2D eigenvalue weighted by Crippen LogP contribution is -2.19. The molecule has 2 rings (SSSR count). The second kappa shape index (κ2) is 4.49.